The smallest absolute Gasteiger partial charge is 0.278 e. The number of benzene rings is 1. The van der Waals surface area contributed by atoms with Crippen LogP contribution in [0.25, 0.3) is 5.69 Å². The van der Waals surface area contributed by atoms with Crippen LogP contribution in [0.5, 0.6) is 5.75 Å². The molecule has 1 aromatic carbocycles. The Morgan fingerprint density at radius 1 is 1.11 bits per heavy atom. The summed E-state index contributed by atoms with van der Waals surface area (Å²) in [7, 11) is 1.62. The SMILES string of the molecule is CCc1ncc(NC(=O)c2nn(-c3ccc(OCCOC)cc3)nc2C)cn1. The van der Waals surface area contributed by atoms with E-state index in [0.29, 0.717) is 24.6 Å². The molecule has 0 saturated heterocycles. The van der Waals surface area contributed by atoms with Crippen LogP contribution in [0, 0.1) is 6.92 Å². The number of methoxy groups -OCH3 is 1. The number of ether oxygens (including phenoxy) is 2. The third kappa shape index (κ3) is 4.68. The quantitative estimate of drug-likeness (QED) is 0.596. The Hall–Kier alpha value is -3.33. The molecule has 0 saturated carbocycles. The van der Waals surface area contributed by atoms with Crippen LogP contribution in [-0.4, -0.2) is 51.2 Å². The Balaban J connectivity index is 1.70. The Morgan fingerprint density at radius 2 is 1.82 bits per heavy atom. The van der Waals surface area contributed by atoms with Crippen LogP contribution in [0.15, 0.2) is 36.7 Å². The molecule has 0 aliphatic carbocycles. The van der Waals surface area contributed by atoms with E-state index in [4.69, 9.17) is 9.47 Å². The summed E-state index contributed by atoms with van der Waals surface area (Å²) in [6.45, 7) is 4.69. The molecule has 28 heavy (non-hydrogen) atoms. The molecule has 1 amide bonds. The molecule has 1 N–H and O–H groups in total. The Morgan fingerprint density at radius 3 is 2.46 bits per heavy atom. The van der Waals surface area contributed by atoms with Gasteiger partial charge in [-0.15, -0.1) is 5.10 Å². The van der Waals surface area contributed by atoms with Gasteiger partial charge in [-0.05, 0) is 31.2 Å². The number of carbonyl (C=O) groups excluding carboxylic acids is 1. The highest BCUT2D eigenvalue weighted by Crippen LogP contribution is 2.16. The van der Waals surface area contributed by atoms with Gasteiger partial charge in [0.05, 0.1) is 36.1 Å². The lowest BCUT2D eigenvalue weighted by Gasteiger charge is -2.06. The predicted octanol–water partition coefficient (Wildman–Crippen LogP) is 2.21. The standard InChI is InChI=1S/C19H22N6O3/c1-4-17-20-11-14(12-21-17)22-19(26)18-13(2)23-25(24-18)15-5-7-16(8-6-15)28-10-9-27-3/h5-8,11-12H,4,9-10H2,1-3H3,(H,22,26). The van der Waals surface area contributed by atoms with Gasteiger partial charge in [0.1, 0.15) is 18.2 Å². The number of amides is 1. The maximum Gasteiger partial charge on any atom is 0.278 e. The second-order valence-corrected chi connectivity index (χ2v) is 5.95. The molecular weight excluding hydrogens is 360 g/mol. The third-order valence-electron chi connectivity index (χ3n) is 3.90. The van der Waals surface area contributed by atoms with Crippen molar-refractivity contribution in [2.45, 2.75) is 20.3 Å². The lowest BCUT2D eigenvalue weighted by molar-refractivity contribution is 0.102. The number of rotatable bonds is 8. The van der Waals surface area contributed by atoms with Gasteiger partial charge < -0.3 is 14.8 Å². The summed E-state index contributed by atoms with van der Waals surface area (Å²) in [5, 5.41) is 11.4. The third-order valence-corrected chi connectivity index (χ3v) is 3.90. The highest BCUT2D eigenvalue weighted by molar-refractivity contribution is 6.03. The molecule has 0 unspecified atom stereocenters. The molecule has 3 aromatic rings. The molecule has 3 rings (SSSR count). The van der Waals surface area contributed by atoms with Gasteiger partial charge in [-0.3, -0.25) is 4.79 Å². The van der Waals surface area contributed by atoms with E-state index in [2.05, 4.69) is 25.5 Å². The lowest BCUT2D eigenvalue weighted by atomic mass is 10.3. The zero-order valence-corrected chi connectivity index (χ0v) is 16.0. The average Bonchev–Trinajstić information content (AvgIpc) is 3.11. The molecule has 0 aliphatic heterocycles. The van der Waals surface area contributed by atoms with Crippen LogP contribution < -0.4 is 10.1 Å². The van der Waals surface area contributed by atoms with E-state index in [1.54, 1.807) is 26.4 Å². The number of hydrogen-bond donors (Lipinski definition) is 1. The number of anilines is 1. The second-order valence-electron chi connectivity index (χ2n) is 5.95. The molecular formula is C19H22N6O3. The van der Waals surface area contributed by atoms with E-state index in [1.807, 2.05) is 31.2 Å². The fourth-order valence-corrected chi connectivity index (χ4v) is 2.41. The first-order valence-electron chi connectivity index (χ1n) is 8.89. The average molecular weight is 382 g/mol. The van der Waals surface area contributed by atoms with Crippen molar-refractivity contribution in [1.82, 2.24) is 25.0 Å². The maximum atomic E-state index is 12.5. The van der Waals surface area contributed by atoms with E-state index in [9.17, 15) is 4.79 Å². The van der Waals surface area contributed by atoms with Gasteiger partial charge >= 0.3 is 0 Å². The summed E-state index contributed by atoms with van der Waals surface area (Å²) in [6, 6.07) is 7.27. The van der Waals surface area contributed by atoms with Crippen molar-refractivity contribution in [3.05, 3.63) is 53.9 Å². The molecule has 2 heterocycles. The summed E-state index contributed by atoms with van der Waals surface area (Å²) in [6.07, 6.45) is 3.88. The summed E-state index contributed by atoms with van der Waals surface area (Å²) in [5.41, 5.74) is 1.98. The maximum absolute atomic E-state index is 12.5. The molecule has 0 aliphatic rings. The lowest BCUT2D eigenvalue weighted by Crippen LogP contribution is -2.15. The van der Waals surface area contributed by atoms with Crippen molar-refractivity contribution in [1.29, 1.82) is 0 Å². The molecule has 9 heteroatoms. The minimum atomic E-state index is -0.365. The van der Waals surface area contributed by atoms with Crippen LogP contribution in [-0.2, 0) is 11.2 Å². The largest absolute Gasteiger partial charge is 0.491 e. The molecule has 0 spiro atoms. The van der Waals surface area contributed by atoms with E-state index in [1.165, 1.54) is 4.80 Å². The van der Waals surface area contributed by atoms with Gasteiger partial charge in [-0.1, -0.05) is 6.92 Å². The fraction of sp³-hybridized carbons (Fsp3) is 0.316. The predicted molar refractivity (Wildman–Crippen MR) is 103 cm³/mol. The minimum Gasteiger partial charge on any atom is -0.491 e. The topological polar surface area (TPSA) is 104 Å². The van der Waals surface area contributed by atoms with Crippen molar-refractivity contribution in [3.8, 4) is 11.4 Å². The Bertz CT molecular complexity index is 922. The van der Waals surface area contributed by atoms with Crippen LogP contribution >= 0.6 is 0 Å². The fourth-order valence-electron chi connectivity index (χ4n) is 2.41. The zero-order valence-electron chi connectivity index (χ0n) is 16.0. The molecule has 0 radical (unpaired) electrons. The van der Waals surface area contributed by atoms with Crippen molar-refractivity contribution < 1.29 is 14.3 Å². The molecule has 0 atom stereocenters. The van der Waals surface area contributed by atoms with Crippen molar-refractivity contribution in [3.63, 3.8) is 0 Å². The van der Waals surface area contributed by atoms with Crippen LogP contribution in [0.1, 0.15) is 28.9 Å². The van der Waals surface area contributed by atoms with Gasteiger partial charge in [-0.25, -0.2) is 9.97 Å². The van der Waals surface area contributed by atoms with Crippen LogP contribution in [0.3, 0.4) is 0 Å². The Labute approximate surface area is 162 Å². The van der Waals surface area contributed by atoms with Gasteiger partial charge in [0, 0.05) is 13.5 Å². The zero-order chi connectivity index (χ0) is 19.9. The molecule has 0 bridgehead atoms. The summed E-state index contributed by atoms with van der Waals surface area (Å²) >= 11 is 0. The first kappa shape index (κ1) is 19.4. The second kappa shape index (κ2) is 9.05. The number of hydrogen-bond acceptors (Lipinski definition) is 7. The summed E-state index contributed by atoms with van der Waals surface area (Å²) in [4.78, 5) is 22.3. The Kier molecular flexibility index (Phi) is 6.28. The van der Waals surface area contributed by atoms with Crippen molar-refractivity contribution >= 4 is 11.6 Å². The van der Waals surface area contributed by atoms with E-state index in [-0.39, 0.29) is 11.6 Å². The highest BCUT2D eigenvalue weighted by atomic mass is 16.5. The minimum absolute atomic E-state index is 0.236. The molecule has 9 nitrogen and oxygen atoms in total. The molecule has 0 fully saturated rings. The van der Waals surface area contributed by atoms with Crippen LogP contribution in [0.2, 0.25) is 0 Å². The van der Waals surface area contributed by atoms with Gasteiger partial charge in [0.15, 0.2) is 5.69 Å². The number of nitrogens with zero attached hydrogens (tertiary/aromatic N) is 5. The van der Waals surface area contributed by atoms with E-state index in [0.717, 1.165) is 23.7 Å². The van der Waals surface area contributed by atoms with Gasteiger partial charge in [0.2, 0.25) is 0 Å². The van der Waals surface area contributed by atoms with E-state index >= 15 is 0 Å². The normalized spacial score (nSPS) is 10.7. The monoisotopic (exact) mass is 382 g/mol. The number of carbonyl (C=O) groups is 1. The first-order valence-corrected chi connectivity index (χ1v) is 8.89. The number of aromatic nitrogens is 5. The van der Waals surface area contributed by atoms with Gasteiger partial charge in [-0.2, -0.15) is 9.90 Å². The molecule has 2 aromatic heterocycles. The van der Waals surface area contributed by atoms with E-state index < -0.39 is 0 Å². The summed E-state index contributed by atoms with van der Waals surface area (Å²) < 4.78 is 10.5. The van der Waals surface area contributed by atoms with Crippen molar-refractivity contribution in [2.24, 2.45) is 0 Å². The number of nitrogens with one attached hydrogen (secondary N) is 1. The highest BCUT2D eigenvalue weighted by Gasteiger charge is 2.17. The number of aryl methyl sites for hydroxylation is 2. The summed E-state index contributed by atoms with van der Waals surface area (Å²) in [5.74, 6) is 1.07. The van der Waals surface area contributed by atoms with Crippen molar-refractivity contribution in [2.75, 3.05) is 25.6 Å². The van der Waals surface area contributed by atoms with Crippen LogP contribution in [0.4, 0.5) is 5.69 Å². The molecule has 146 valence electrons. The van der Waals surface area contributed by atoms with Gasteiger partial charge in [0.25, 0.3) is 5.91 Å². The first-order chi connectivity index (χ1) is 13.6.